The Kier molecular flexibility index (Phi) is 5.39. The molecular formula is C14H19NO2S. The van der Waals surface area contributed by atoms with Gasteiger partial charge < -0.3 is 5.32 Å². The van der Waals surface area contributed by atoms with Crippen molar-refractivity contribution in [2.45, 2.75) is 31.2 Å². The maximum atomic E-state index is 11.3. The second-order valence-electron chi connectivity index (χ2n) is 4.19. The fourth-order valence-corrected chi connectivity index (χ4v) is 2.23. The van der Waals surface area contributed by atoms with Crippen LogP contribution in [-0.2, 0) is 9.84 Å². The van der Waals surface area contributed by atoms with Gasteiger partial charge in [0.1, 0.15) is 0 Å². The van der Waals surface area contributed by atoms with E-state index in [0.717, 1.165) is 18.5 Å². The molecule has 18 heavy (non-hydrogen) atoms. The molecule has 0 aliphatic carbocycles. The summed E-state index contributed by atoms with van der Waals surface area (Å²) >= 11 is 0. The maximum absolute atomic E-state index is 11.3. The SMILES string of the molecule is CC#CCCNC(C)c1ccc(S(C)(=O)=O)cc1. The Morgan fingerprint density at radius 1 is 1.28 bits per heavy atom. The molecule has 0 aliphatic heterocycles. The van der Waals surface area contributed by atoms with E-state index in [1.54, 1.807) is 12.1 Å². The molecule has 0 radical (unpaired) electrons. The largest absolute Gasteiger partial charge is 0.309 e. The predicted molar refractivity (Wildman–Crippen MR) is 74.0 cm³/mol. The van der Waals surface area contributed by atoms with Gasteiger partial charge in [0, 0.05) is 25.3 Å². The summed E-state index contributed by atoms with van der Waals surface area (Å²) in [7, 11) is -3.11. The smallest absolute Gasteiger partial charge is 0.175 e. The molecule has 0 heterocycles. The molecule has 1 unspecified atom stereocenters. The lowest BCUT2D eigenvalue weighted by Crippen LogP contribution is -2.19. The Labute approximate surface area is 110 Å². The molecular weight excluding hydrogens is 246 g/mol. The lowest BCUT2D eigenvalue weighted by molar-refractivity contribution is 0.583. The van der Waals surface area contributed by atoms with Crippen molar-refractivity contribution in [3.8, 4) is 11.8 Å². The third kappa shape index (κ3) is 4.52. The van der Waals surface area contributed by atoms with Gasteiger partial charge in [0.05, 0.1) is 4.90 Å². The lowest BCUT2D eigenvalue weighted by Gasteiger charge is -2.13. The molecule has 1 aromatic carbocycles. The van der Waals surface area contributed by atoms with Gasteiger partial charge in [-0.1, -0.05) is 12.1 Å². The van der Waals surface area contributed by atoms with E-state index >= 15 is 0 Å². The van der Waals surface area contributed by atoms with Crippen LogP contribution in [0.15, 0.2) is 29.2 Å². The van der Waals surface area contributed by atoms with Gasteiger partial charge in [-0.15, -0.1) is 11.8 Å². The van der Waals surface area contributed by atoms with Gasteiger partial charge in [-0.25, -0.2) is 8.42 Å². The zero-order chi connectivity index (χ0) is 13.6. The summed E-state index contributed by atoms with van der Waals surface area (Å²) < 4.78 is 22.7. The van der Waals surface area contributed by atoms with Gasteiger partial charge in [0.2, 0.25) is 0 Å². The minimum Gasteiger partial charge on any atom is -0.309 e. The maximum Gasteiger partial charge on any atom is 0.175 e. The van der Waals surface area contributed by atoms with Gasteiger partial charge in [-0.05, 0) is 31.5 Å². The van der Waals surface area contributed by atoms with E-state index in [0.29, 0.717) is 4.90 Å². The zero-order valence-electron chi connectivity index (χ0n) is 11.0. The van der Waals surface area contributed by atoms with Crippen LogP contribution in [0.25, 0.3) is 0 Å². The first kappa shape index (κ1) is 14.7. The molecule has 0 amide bonds. The predicted octanol–water partition coefficient (Wildman–Crippen LogP) is 2.15. The van der Waals surface area contributed by atoms with Crippen LogP contribution in [-0.4, -0.2) is 21.2 Å². The highest BCUT2D eigenvalue weighted by molar-refractivity contribution is 7.90. The Balaban J connectivity index is 2.64. The van der Waals surface area contributed by atoms with Crippen LogP contribution in [0.1, 0.15) is 31.9 Å². The van der Waals surface area contributed by atoms with Crippen molar-refractivity contribution in [3.05, 3.63) is 29.8 Å². The standard InChI is InChI=1S/C14H19NO2S/c1-4-5-6-11-15-12(2)13-7-9-14(10-8-13)18(3,16)17/h7-10,12,15H,6,11H2,1-3H3. The average Bonchev–Trinajstić information content (AvgIpc) is 2.33. The van der Waals surface area contributed by atoms with Crippen LogP contribution in [0.5, 0.6) is 0 Å². The van der Waals surface area contributed by atoms with Gasteiger partial charge in [-0.2, -0.15) is 0 Å². The molecule has 0 fully saturated rings. The zero-order valence-corrected chi connectivity index (χ0v) is 11.8. The molecule has 0 spiro atoms. The topological polar surface area (TPSA) is 46.2 Å². The monoisotopic (exact) mass is 265 g/mol. The molecule has 1 aromatic rings. The molecule has 0 saturated heterocycles. The van der Waals surface area contributed by atoms with E-state index in [4.69, 9.17) is 0 Å². The minimum atomic E-state index is -3.11. The van der Waals surface area contributed by atoms with E-state index in [9.17, 15) is 8.42 Å². The highest BCUT2D eigenvalue weighted by atomic mass is 32.2. The number of rotatable bonds is 5. The lowest BCUT2D eigenvalue weighted by atomic mass is 10.1. The first-order chi connectivity index (χ1) is 8.45. The Hall–Kier alpha value is -1.31. The summed E-state index contributed by atoms with van der Waals surface area (Å²) in [4.78, 5) is 0.357. The molecule has 4 heteroatoms. The fraction of sp³-hybridized carbons (Fsp3) is 0.429. The first-order valence-corrected chi connectivity index (χ1v) is 7.77. The van der Waals surface area contributed by atoms with Crippen LogP contribution in [0.3, 0.4) is 0 Å². The Bertz CT molecular complexity index is 535. The molecule has 0 aliphatic rings. The quantitative estimate of drug-likeness (QED) is 0.655. The minimum absolute atomic E-state index is 0.192. The van der Waals surface area contributed by atoms with Gasteiger partial charge in [0.25, 0.3) is 0 Å². The summed E-state index contributed by atoms with van der Waals surface area (Å²) in [5.74, 6) is 5.84. The summed E-state index contributed by atoms with van der Waals surface area (Å²) in [6, 6.07) is 7.18. The molecule has 1 rings (SSSR count). The van der Waals surface area contributed by atoms with E-state index in [1.165, 1.54) is 6.26 Å². The van der Waals surface area contributed by atoms with Crippen molar-refractivity contribution in [1.29, 1.82) is 0 Å². The number of hydrogen-bond acceptors (Lipinski definition) is 3. The number of hydrogen-bond donors (Lipinski definition) is 1. The summed E-state index contributed by atoms with van der Waals surface area (Å²) in [5, 5.41) is 3.34. The van der Waals surface area contributed by atoms with Crippen LogP contribution >= 0.6 is 0 Å². The van der Waals surface area contributed by atoms with E-state index in [1.807, 2.05) is 19.1 Å². The first-order valence-electron chi connectivity index (χ1n) is 5.88. The van der Waals surface area contributed by atoms with Crippen molar-refractivity contribution in [2.75, 3.05) is 12.8 Å². The highest BCUT2D eigenvalue weighted by Crippen LogP contribution is 2.15. The van der Waals surface area contributed by atoms with Gasteiger partial charge in [-0.3, -0.25) is 0 Å². The van der Waals surface area contributed by atoms with Crippen LogP contribution in [0.4, 0.5) is 0 Å². The average molecular weight is 265 g/mol. The highest BCUT2D eigenvalue weighted by Gasteiger charge is 2.08. The van der Waals surface area contributed by atoms with Crippen molar-refractivity contribution in [3.63, 3.8) is 0 Å². The summed E-state index contributed by atoms with van der Waals surface area (Å²) in [5.41, 5.74) is 1.08. The van der Waals surface area contributed by atoms with Crippen LogP contribution < -0.4 is 5.32 Å². The van der Waals surface area contributed by atoms with E-state index < -0.39 is 9.84 Å². The Morgan fingerprint density at radius 2 is 1.89 bits per heavy atom. The van der Waals surface area contributed by atoms with Crippen LogP contribution in [0, 0.1) is 11.8 Å². The number of sulfone groups is 1. The fourth-order valence-electron chi connectivity index (χ4n) is 1.60. The van der Waals surface area contributed by atoms with Gasteiger partial charge in [0.15, 0.2) is 9.84 Å². The van der Waals surface area contributed by atoms with E-state index in [-0.39, 0.29) is 6.04 Å². The normalized spacial score (nSPS) is 12.6. The van der Waals surface area contributed by atoms with Crippen molar-refractivity contribution in [2.24, 2.45) is 0 Å². The summed E-state index contributed by atoms with van der Waals surface area (Å²) in [6.07, 6.45) is 2.04. The molecule has 1 atom stereocenters. The van der Waals surface area contributed by atoms with Crippen molar-refractivity contribution in [1.82, 2.24) is 5.32 Å². The van der Waals surface area contributed by atoms with E-state index in [2.05, 4.69) is 24.1 Å². The number of nitrogens with one attached hydrogen (secondary N) is 1. The van der Waals surface area contributed by atoms with Crippen molar-refractivity contribution < 1.29 is 8.42 Å². The molecule has 3 nitrogen and oxygen atoms in total. The Morgan fingerprint density at radius 3 is 2.39 bits per heavy atom. The summed E-state index contributed by atoms with van der Waals surface area (Å²) in [6.45, 7) is 4.71. The molecule has 1 N–H and O–H groups in total. The third-order valence-electron chi connectivity index (χ3n) is 2.69. The molecule has 0 saturated carbocycles. The third-order valence-corrected chi connectivity index (χ3v) is 3.81. The van der Waals surface area contributed by atoms with Crippen LogP contribution in [0.2, 0.25) is 0 Å². The number of benzene rings is 1. The molecule has 98 valence electrons. The molecule has 0 aromatic heterocycles. The second kappa shape index (κ2) is 6.58. The van der Waals surface area contributed by atoms with Gasteiger partial charge >= 0.3 is 0 Å². The molecule has 0 bridgehead atoms. The second-order valence-corrected chi connectivity index (χ2v) is 6.21. The van der Waals surface area contributed by atoms with Crippen molar-refractivity contribution >= 4 is 9.84 Å².